The molecule has 0 radical (unpaired) electrons. The summed E-state index contributed by atoms with van der Waals surface area (Å²) < 4.78 is 10.4. The molecule has 0 saturated heterocycles. The van der Waals surface area contributed by atoms with Crippen LogP contribution in [0.4, 0.5) is 4.79 Å². The second-order valence-corrected chi connectivity index (χ2v) is 5.59. The average molecular weight is 384 g/mol. The lowest BCUT2D eigenvalue weighted by molar-refractivity contribution is -0.150. The van der Waals surface area contributed by atoms with Crippen molar-refractivity contribution in [2.24, 2.45) is 5.92 Å². The summed E-state index contributed by atoms with van der Waals surface area (Å²) in [5.74, 6) is -2.32. The fourth-order valence-corrected chi connectivity index (χ4v) is 2.26. The zero-order chi connectivity index (χ0) is 17.4. The Balaban J connectivity index is 3.15. The number of halogens is 1. The minimum atomic E-state index is -1.17. The van der Waals surface area contributed by atoms with Crippen molar-refractivity contribution in [2.75, 3.05) is 13.7 Å². The van der Waals surface area contributed by atoms with E-state index in [2.05, 4.69) is 32.6 Å². The van der Waals surface area contributed by atoms with Crippen molar-refractivity contribution >= 4 is 33.8 Å². The van der Waals surface area contributed by atoms with Crippen LogP contribution in [0, 0.1) is 5.92 Å². The molecule has 0 aliphatic carbocycles. The van der Waals surface area contributed by atoms with Crippen LogP contribution < -0.4 is 5.32 Å². The van der Waals surface area contributed by atoms with Gasteiger partial charge in [-0.1, -0.05) is 40.7 Å². The smallest absolute Gasteiger partial charge is 0.407 e. The molecule has 7 heteroatoms. The van der Waals surface area contributed by atoms with Gasteiger partial charge >= 0.3 is 12.1 Å². The Morgan fingerprint density at radius 1 is 1.30 bits per heavy atom. The van der Waals surface area contributed by atoms with Crippen molar-refractivity contribution in [3.8, 4) is 0 Å². The second-order valence-electron chi connectivity index (χ2n) is 4.67. The first-order chi connectivity index (χ1) is 10.9. The Morgan fingerprint density at radius 2 is 1.91 bits per heavy atom. The van der Waals surface area contributed by atoms with E-state index in [4.69, 9.17) is 4.74 Å². The number of rotatable bonds is 7. The van der Waals surface area contributed by atoms with E-state index in [1.807, 2.05) is 0 Å². The summed E-state index contributed by atoms with van der Waals surface area (Å²) in [5.41, 5.74) is 0.578. The van der Waals surface area contributed by atoms with Crippen molar-refractivity contribution in [1.82, 2.24) is 5.32 Å². The van der Waals surface area contributed by atoms with Crippen LogP contribution in [-0.2, 0) is 19.1 Å². The normalized spacial score (nSPS) is 12.7. The Morgan fingerprint density at radius 3 is 2.39 bits per heavy atom. The van der Waals surface area contributed by atoms with Crippen molar-refractivity contribution in [3.05, 3.63) is 47.0 Å². The first-order valence-corrected chi connectivity index (χ1v) is 7.58. The Hall–Kier alpha value is -2.15. The quantitative estimate of drug-likeness (QED) is 0.444. The summed E-state index contributed by atoms with van der Waals surface area (Å²) in [6.45, 7) is 4.73. The highest BCUT2D eigenvalue weighted by Crippen LogP contribution is 2.26. The van der Waals surface area contributed by atoms with E-state index < -0.39 is 29.8 Å². The van der Waals surface area contributed by atoms with Gasteiger partial charge in [0, 0.05) is 4.47 Å². The first kappa shape index (κ1) is 18.9. The number of hydrogen-bond donors (Lipinski definition) is 1. The van der Waals surface area contributed by atoms with E-state index in [1.165, 1.54) is 20.1 Å². The summed E-state index contributed by atoms with van der Waals surface area (Å²) >= 11 is 3.31. The number of nitrogens with one attached hydrogen (secondary N) is 1. The number of carbonyl (C=O) groups is 3. The van der Waals surface area contributed by atoms with Crippen LogP contribution >= 0.6 is 15.9 Å². The summed E-state index contributed by atoms with van der Waals surface area (Å²) in [6.07, 6.45) is 0.657. The number of carbonyl (C=O) groups excluding carboxylic acids is 3. The van der Waals surface area contributed by atoms with Crippen LogP contribution in [0.15, 0.2) is 41.4 Å². The standard InChI is InChI=1S/C16H18BrNO5/c1-4-9-23-16(21)18-14(11-5-7-12(17)8-6-11)13(10(2)19)15(20)22-3/h4-8,13-14H,1,9H2,2-3H3,(H,18,21)/t13?,14-/m0/s1. The molecular formula is C16H18BrNO5. The SMILES string of the molecule is C=CCOC(=O)N[C@@H](c1ccc(Br)cc1)C(C(C)=O)C(=O)OC. The van der Waals surface area contributed by atoms with Crippen molar-refractivity contribution in [3.63, 3.8) is 0 Å². The van der Waals surface area contributed by atoms with Crippen molar-refractivity contribution in [2.45, 2.75) is 13.0 Å². The monoisotopic (exact) mass is 383 g/mol. The second kappa shape index (κ2) is 9.09. The molecule has 1 N–H and O–H groups in total. The Bertz CT molecular complexity index is 585. The molecule has 0 heterocycles. The third kappa shape index (κ3) is 5.52. The van der Waals surface area contributed by atoms with E-state index in [0.29, 0.717) is 5.56 Å². The van der Waals surface area contributed by atoms with Crippen LogP contribution in [0.2, 0.25) is 0 Å². The molecule has 0 spiro atoms. The van der Waals surface area contributed by atoms with Gasteiger partial charge in [0.05, 0.1) is 13.2 Å². The predicted molar refractivity (Wildman–Crippen MR) is 87.8 cm³/mol. The highest BCUT2D eigenvalue weighted by molar-refractivity contribution is 9.10. The van der Waals surface area contributed by atoms with E-state index in [-0.39, 0.29) is 6.61 Å². The van der Waals surface area contributed by atoms with Gasteiger partial charge in [-0.25, -0.2) is 4.79 Å². The maximum Gasteiger partial charge on any atom is 0.407 e. The molecule has 6 nitrogen and oxygen atoms in total. The fraction of sp³-hybridized carbons (Fsp3) is 0.312. The van der Waals surface area contributed by atoms with Crippen LogP contribution in [0.3, 0.4) is 0 Å². The molecule has 124 valence electrons. The lowest BCUT2D eigenvalue weighted by atomic mass is 9.90. The molecular weight excluding hydrogens is 366 g/mol. The molecule has 1 rings (SSSR count). The molecule has 1 amide bonds. The van der Waals surface area contributed by atoms with Crippen molar-refractivity contribution < 1.29 is 23.9 Å². The number of methoxy groups -OCH3 is 1. The number of benzene rings is 1. The maximum absolute atomic E-state index is 12.0. The Kier molecular flexibility index (Phi) is 7.47. The number of hydrogen-bond acceptors (Lipinski definition) is 5. The third-order valence-electron chi connectivity index (χ3n) is 3.06. The molecule has 1 unspecified atom stereocenters. The highest BCUT2D eigenvalue weighted by Gasteiger charge is 2.35. The molecule has 0 fully saturated rings. The largest absolute Gasteiger partial charge is 0.468 e. The number of esters is 1. The lowest BCUT2D eigenvalue weighted by Crippen LogP contribution is -2.40. The molecule has 0 aliphatic rings. The van der Waals surface area contributed by atoms with Gasteiger partial charge < -0.3 is 14.8 Å². The zero-order valence-electron chi connectivity index (χ0n) is 12.9. The fourth-order valence-electron chi connectivity index (χ4n) is 2.00. The highest BCUT2D eigenvalue weighted by atomic mass is 79.9. The van der Waals surface area contributed by atoms with E-state index >= 15 is 0 Å². The summed E-state index contributed by atoms with van der Waals surface area (Å²) in [5, 5.41) is 2.54. The molecule has 0 aliphatic heterocycles. The molecule has 23 heavy (non-hydrogen) atoms. The number of ether oxygens (including phenoxy) is 2. The summed E-state index contributed by atoms with van der Waals surface area (Å²) in [7, 11) is 1.19. The summed E-state index contributed by atoms with van der Waals surface area (Å²) in [6, 6.07) is 5.98. The first-order valence-electron chi connectivity index (χ1n) is 6.78. The van der Waals surface area contributed by atoms with Crippen LogP contribution in [0.25, 0.3) is 0 Å². The lowest BCUT2D eigenvalue weighted by Gasteiger charge is -2.24. The average Bonchev–Trinajstić information content (AvgIpc) is 2.52. The predicted octanol–water partition coefficient (Wildman–Crippen LogP) is 2.78. The van der Waals surface area contributed by atoms with E-state index in [0.717, 1.165) is 4.47 Å². The van der Waals surface area contributed by atoms with Gasteiger partial charge in [0.2, 0.25) is 0 Å². The van der Waals surface area contributed by atoms with Gasteiger partial charge in [-0.05, 0) is 24.6 Å². The van der Waals surface area contributed by atoms with Crippen LogP contribution in [-0.4, -0.2) is 31.6 Å². The number of ketones is 1. The zero-order valence-corrected chi connectivity index (χ0v) is 14.5. The minimum absolute atomic E-state index is 0.0157. The van der Waals surface area contributed by atoms with Crippen LogP contribution in [0.5, 0.6) is 0 Å². The van der Waals surface area contributed by atoms with Gasteiger partial charge in [-0.15, -0.1) is 0 Å². The molecule has 0 aromatic heterocycles. The minimum Gasteiger partial charge on any atom is -0.468 e. The number of Topliss-reactive ketones (excluding diaryl/α,β-unsaturated/α-hetero) is 1. The van der Waals surface area contributed by atoms with E-state index in [1.54, 1.807) is 24.3 Å². The van der Waals surface area contributed by atoms with Gasteiger partial charge in [0.15, 0.2) is 0 Å². The third-order valence-corrected chi connectivity index (χ3v) is 3.59. The molecule has 1 aromatic carbocycles. The topological polar surface area (TPSA) is 81.7 Å². The van der Waals surface area contributed by atoms with Gasteiger partial charge in [-0.2, -0.15) is 0 Å². The summed E-state index contributed by atoms with van der Waals surface area (Å²) in [4.78, 5) is 35.7. The van der Waals surface area contributed by atoms with Crippen LogP contribution in [0.1, 0.15) is 18.5 Å². The van der Waals surface area contributed by atoms with Gasteiger partial charge in [0.1, 0.15) is 18.3 Å². The maximum atomic E-state index is 12.0. The number of amides is 1. The van der Waals surface area contributed by atoms with Gasteiger partial charge in [0.25, 0.3) is 0 Å². The Labute approximate surface area is 143 Å². The molecule has 1 aromatic rings. The van der Waals surface area contributed by atoms with E-state index in [9.17, 15) is 14.4 Å². The number of alkyl carbamates (subject to hydrolysis) is 1. The molecule has 0 saturated carbocycles. The van der Waals surface area contributed by atoms with Gasteiger partial charge in [-0.3, -0.25) is 9.59 Å². The molecule has 0 bridgehead atoms. The van der Waals surface area contributed by atoms with Crippen molar-refractivity contribution in [1.29, 1.82) is 0 Å². The molecule has 2 atom stereocenters.